The molecule has 0 unspecified atom stereocenters. The van der Waals surface area contributed by atoms with Gasteiger partial charge in [-0.1, -0.05) is 6.07 Å². The van der Waals surface area contributed by atoms with Crippen LogP contribution in [0.4, 0.5) is 17.6 Å². The summed E-state index contributed by atoms with van der Waals surface area (Å²) in [5.74, 6) is -0.675. The van der Waals surface area contributed by atoms with Gasteiger partial charge in [-0.15, -0.1) is 0 Å². The van der Waals surface area contributed by atoms with Gasteiger partial charge in [-0.3, -0.25) is 4.68 Å². The Morgan fingerprint density at radius 1 is 1.24 bits per heavy atom. The summed E-state index contributed by atoms with van der Waals surface area (Å²) in [6.07, 6.45) is -2.85. The molecule has 0 spiro atoms. The van der Waals surface area contributed by atoms with Crippen LogP contribution in [0.25, 0.3) is 0 Å². The summed E-state index contributed by atoms with van der Waals surface area (Å²) >= 11 is 0. The molecule has 0 fully saturated rings. The maximum absolute atomic E-state index is 12.7. The number of aromatic nitrogens is 3. The largest absolute Gasteiger partial charge is 0.419 e. The van der Waals surface area contributed by atoms with Gasteiger partial charge in [0.1, 0.15) is 0 Å². The van der Waals surface area contributed by atoms with Crippen LogP contribution in [0.2, 0.25) is 0 Å². The Morgan fingerprint density at radius 3 is 2.59 bits per heavy atom. The van der Waals surface area contributed by atoms with Crippen LogP contribution >= 0.6 is 0 Å². The molecule has 0 aliphatic carbocycles. The second kappa shape index (κ2) is 4.15. The first-order valence-corrected chi connectivity index (χ1v) is 4.66. The standard InChI is InChI=1S/C10H7F4N3/c11-9-3-1-2-8(16-9)6-17-5-7(4-15-17)10(12,13)14/h1-5H,6H2. The van der Waals surface area contributed by atoms with Gasteiger partial charge in [0.2, 0.25) is 5.95 Å². The van der Waals surface area contributed by atoms with Crippen molar-refractivity contribution in [1.82, 2.24) is 14.8 Å². The topological polar surface area (TPSA) is 30.7 Å². The van der Waals surface area contributed by atoms with Gasteiger partial charge in [0, 0.05) is 6.20 Å². The molecule has 7 heteroatoms. The molecule has 0 aromatic carbocycles. The number of hydrogen-bond acceptors (Lipinski definition) is 2. The molecule has 0 amide bonds. The van der Waals surface area contributed by atoms with Gasteiger partial charge in [0.25, 0.3) is 0 Å². The minimum Gasteiger partial charge on any atom is -0.266 e. The van der Waals surface area contributed by atoms with E-state index in [1.807, 2.05) is 0 Å². The van der Waals surface area contributed by atoms with Crippen LogP contribution in [-0.2, 0) is 12.7 Å². The van der Waals surface area contributed by atoms with E-state index < -0.39 is 17.7 Å². The third-order valence-corrected chi connectivity index (χ3v) is 2.06. The van der Waals surface area contributed by atoms with E-state index in [-0.39, 0.29) is 6.54 Å². The SMILES string of the molecule is Fc1cccc(Cn2cc(C(F)(F)F)cn2)n1. The molecule has 0 aliphatic heterocycles. The lowest BCUT2D eigenvalue weighted by atomic mass is 10.3. The van der Waals surface area contributed by atoms with E-state index in [0.717, 1.165) is 23.1 Å². The van der Waals surface area contributed by atoms with Crippen molar-refractivity contribution in [3.8, 4) is 0 Å². The van der Waals surface area contributed by atoms with Crippen LogP contribution in [0, 0.1) is 5.95 Å². The van der Waals surface area contributed by atoms with Crippen LogP contribution in [0.3, 0.4) is 0 Å². The quantitative estimate of drug-likeness (QED) is 0.601. The Bertz CT molecular complexity index is 518. The molecular weight excluding hydrogens is 238 g/mol. The minimum absolute atomic E-state index is 0.00611. The van der Waals surface area contributed by atoms with Gasteiger partial charge in [-0.05, 0) is 12.1 Å². The first kappa shape index (κ1) is 11.6. The highest BCUT2D eigenvalue weighted by Gasteiger charge is 2.32. The van der Waals surface area contributed by atoms with E-state index in [2.05, 4.69) is 10.1 Å². The third-order valence-electron chi connectivity index (χ3n) is 2.06. The first-order valence-electron chi connectivity index (χ1n) is 4.66. The summed E-state index contributed by atoms with van der Waals surface area (Å²) in [5.41, 5.74) is -0.532. The normalized spacial score (nSPS) is 11.8. The predicted molar refractivity (Wildman–Crippen MR) is 50.5 cm³/mol. The molecule has 0 bridgehead atoms. The molecule has 0 radical (unpaired) electrons. The number of halogens is 4. The van der Waals surface area contributed by atoms with Crippen LogP contribution in [0.1, 0.15) is 11.3 Å². The number of alkyl halides is 3. The molecule has 17 heavy (non-hydrogen) atoms. The zero-order valence-corrected chi connectivity index (χ0v) is 8.45. The highest BCUT2D eigenvalue weighted by Crippen LogP contribution is 2.28. The lowest BCUT2D eigenvalue weighted by molar-refractivity contribution is -0.137. The van der Waals surface area contributed by atoms with Crippen molar-refractivity contribution in [3.05, 3.63) is 47.8 Å². The molecule has 0 atom stereocenters. The highest BCUT2D eigenvalue weighted by molar-refractivity contribution is 5.10. The van der Waals surface area contributed by atoms with Crippen molar-refractivity contribution < 1.29 is 17.6 Å². The number of rotatable bonds is 2. The minimum atomic E-state index is -4.42. The lowest BCUT2D eigenvalue weighted by Gasteiger charge is -2.02. The molecule has 90 valence electrons. The fourth-order valence-corrected chi connectivity index (χ4v) is 1.30. The van der Waals surface area contributed by atoms with Crippen LogP contribution < -0.4 is 0 Å². The summed E-state index contributed by atoms with van der Waals surface area (Å²) in [6.45, 7) is -0.00611. The van der Waals surface area contributed by atoms with Crippen molar-refractivity contribution in [3.63, 3.8) is 0 Å². The fourth-order valence-electron chi connectivity index (χ4n) is 1.30. The third kappa shape index (κ3) is 2.80. The molecule has 0 saturated carbocycles. The van der Waals surface area contributed by atoms with E-state index in [9.17, 15) is 17.6 Å². The molecule has 2 aromatic rings. The fraction of sp³-hybridized carbons (Fsp3) is 0.200. The Labute approximate surface area is 93.7 Å². The zero-order chi connectivity index (χ0) is 12.5. The summed E-state index contributed by atoms with van der Waals surface area (Å²) < 4.78 is 50.6. The second-order valence-corrected chi connectivity index (χ2v) is 3.38. The van der Waals surface area contributed by atoms with Crippen LogP contribution in [0.15, 0.2) is 30.6 Å². The van der Waals surface area contributed by atoms with Gasteiger partial charge in [-0.25, -0.2) is 4.98 Å². The van der Waals surface area contributed by atoms with Crippen LogP contribution in [-0.4, -0.2) is 14.8 Å². The van der Waals surface area contributed by atoms with E-state index in [0.29, 0.717) is 5.69 Å². The molecule has 2 rings (SSSR count). The van der Waals surface area contributed by atoms with Crippen molar-refractivity contribution in [2.24, 2.45) is 0 Å². The summed E-state index contributed by atoms with van der Waals surface area (Å²) in [5, 5.41) is 3.54. The Hall–Kier alpha value is -1.92. The van der Waals surface area contributed by atoms with Crippen molar-refractivity contribution >= 4 is 0 Å². The van der Waals surface area contributed by atoms with Gasteiger partial charge >= 0.3 is 6.18 Å². The van der Waals surface area contributed by atoms with E-state index in [1.165, 1.54) is 12.1 Å². The number of nitrogens with zero attached hydrogens (tertiary/aromatic N) is 3. The van der Waals surface area contributed by atoms with Gasteiger partial charge < -0.3 is 0 Å². The Morgan fingerprint density at radius 2 is 2.00 bits per heavy atom. The number of hydrogen-bond donors (Lipinski definition) is 0. The average Bonchev–Trinajstić information content (AvgIpc) is 2.65. The molecule has 0 aliphatic rings. The molecule has 2 aromatic heterocycles. The zero-order valence-electron chi connectivity index (χ0n) is 8.45. The second-order valence-electron chi connectivity index (χ2n) is 3.38. The molecule has 2 heterocycles. The van der Waals surface area contributed by atoms with E-state index in [1.54, 1.807) is 0 Å². The van der Waals surface area contributed by atoms with E-state index in [4.69, 9.17) is 0 Å². The summed E-state index contributed by atoms with van der Waals surface area (Å²) in [6, 6.07) is 4.11. The lowest BCUT2D eigenvalue weighted by Crippen LogP contribution is -2.05. The van der Waals surface area contributed by atoms with Crippen molar-refractivity contribution in [2.45, 2.75) is 12.7 Å². The maximum atomic E-state index is 12.7. The first-order chi connectivity index (χ1) is 7.95. The molecule has 0 N–H and O–H groups in total. The van der Waals surface area contributed by atoms with Crippen molar-refractivity contribution in [1.29, 1.82) is 0 Å². The monoisotopic (exact) mass is 245 g/mol. The predicted octanol–water partition coefficient (Wildman–Crippen LogP) is 2.48. The van der Waals surface area contributed by atoms with Gasteiger partial charge in [0.15, 0.2) is 0 Å². The Balaban J connectivity index is 2.17. The van der Waals surface area contributed by atoms with Crippen molar-refractivity contribution in [2.75, 3.05) is 0 Å². The molecular formula is C10H7F4N3. The van der Waals surface area contributed by atoms with Crippen LogP contribution in [0.5, 0.6) is 0 Å². The smallest absolute Gasteiger partial charge is 0.266 e. The average molecular weight is 245 g/mol. The van der Waals surface area contributed by atoms with E-state index >= 15 is 0 Å². The maximum Gasteiger partial charge on any atom is 0.419 e. The Kier molecular flexibility index (Phi) is 2.83. The summed E-state index contributed by atoms with van der Waals surface area (Å²) in [7, 11) is 0. The van der Waals surface area contributed by atoms with Gasteiger partial charge in [0.05, 0.1) is 24.0 Å². The molecule has 3 nitrogen and oxygen atoms in total. The number of pyridine rings is 1. The highest BCUT2D eigenvalue weighted by atomic mass is 19.4. The summed E-state index contributed by atoms with van der Waals surface area (Å²) in [4.78, 5) is 3.53. The molecule has 0 saturated heterocycles. The van der Waals surface area contributed by atoms with Gasteiger partial charge in [-0.2, -0.15) is 22.7 Å².